The molecule has 0 spiro atoms. The molecule has 6 fully saturated rings. The van der Waals surface area contributed by atoms with Crippen LogP contribution < -0.4 is 25.6 Å². The molecule has 84 heavy (non-hydrogen) atoms. The first-order valence-corrected chi connectivity index (χ1v) is 31.1. The summed E-state index contributed by atoms with van der Waals surface area (Å²) >= 11 is 1.60. The van der Waals surface area contributed by atoms with Gasteiger partial charge in [0.1, 0.15) is 23.8 Å². The molecule has 5 aliphatic heterocycles. The van der Waals surface area contributed by atoms with Gasteiger partial charge in [-0.15, -0.1) is 21.5 Å². The number of carbonyl (C=O) groups excluding carboxylic acids is 2. The smallest absolute Gasteiger partial charge is 0.243 e. The number of carbonyl (C=O) groups is 2. The third-order valence-electron chi connectivity index (χ3n) is 18.7. The van der Waals surface area contributed by atoms with E-state index in [-0.39, 0.29) is 78.9 Å². The van der Waals surface area contributed by atoms with Crippen molar-refractivity contribution in [2.45, 2.75) is 159 Å². The van der Waals surface area contributed by atoms with Crippen LogP contribution in [0.3, 0.4) is 0 Å². The molecule has 10 heterocycles. The van der Waals surface area contributed by atoms with Crippen molar-refractivity contribution in [3.05, 3.63) is 95.6 Å². The molecule has 3 unspecified atom stereocenters. The van der Waals surface area contributed by atoms with E-state index in [1.807, 2.05) is 98.8 Å². The van der Waals surface area contributed by atoms with E-state index < -0.39 is 18.1 Å². The minimum absolute atomic E-state index is 0.0828. The third kappa shape index (κ3) is 11.4. The highest BCUT2D eigenvalue weighted by Gasteiger charge is 2.46. The number of amides is 2. The summed E-state index contributed by atoms with van der Waals surface area (Å²) in [7, 11) is 0. The summed E-state index contributed by atoms with van der Waals surface area (Å²) in [6.07, 6.45) is 13.3. The molecule has 1 saturated carbocycles. The second-order valence-corrected chi connectivity index (χ2v) is 25.5. The van der Waals surface area contributed by atoms with Crippen LogP contribution in [-0.2, 0) is 14.3 Å². The van der Waals surface area contributed by atoms with Gasteiger partial charge in [0, 0.05) is 82.2 Å². The largest absolute Gasteiger partial charge is 0.507 e. The molecule has 6 atom stereocenters. The number of hydrogen-bond donors (Lipinski definition) is 4. The molecule has 2 amide bonds. The molecule has 5 aromatic heterocycles. The number of nitrogens with one attached hydrogen (secondary N) is 1. The van der Waals surface area contributed by atoms with Crippen molar-refractivity contribution in [2.75, 3.05) is 54.8 Å². The van der Waals surface area contributed by atoms with Gasteiger partial charge in [0.05, 0.1) is 70.1 Å². The molecular weight excluding hydrogens is 1080 g/mol. The van der Waals surface area contributed by atoms with Crippen molar-refractivity contribution in [3.8, 4) is 33.2 Å². The summed E-state index contributed by atoms with van der Waals surface area (Å²) in [5.74, 6) is 2.41. The Hall–Kier alpha value is -7.27. The van der Waals surface area contributed by atoms with Crippen molar-refractivity contribution >= 4 is 51.8 Å². The number of rotatable bonds is 17. The van der Waals surface area contributed by atoms with E-state index in [1.54, 1.807) is 23.5 Å². The van der Waals surface area contributed by atoms with Crippen LogP contribution in [0.1, 0.15) is 126 Å². The second kappa shape index (κ2) is 23.6. The molecule has 2 bridgehead atoms. The maximum atomic E-state index is 14.4. The number of fused-ring (bicyclic) bond motifs is 3. The predicted octanol–water partition coefficient (Wildman–Crippen LogP) is 8.25. The van der Waals surface area contributed by atoms with Gasteiger partial charge in [0.2, 0.25) is 17.8 Å². The number of thiazole rings is 1. The minimum atomic E-state index is -0.804. The molecule has 22 heteroatoms. The van der Waals surface area contributed by atoms with Gasteiger partial charge in [-0.25, -0.2) is 15.0 Å². The van der Waals surface area contributed by atoms with Crippen molar-refractivity contribution < 1.29 is 33.8 Å². The Morgan fingerprint density at radius 2 is 1.58 bits per heavy atom. The number of β-amino-alcohol motifs (C(OH)–C–C–N with tert-alkyl or cyclic N) is 1. The highest BCUT2D eigenvalue weighted by Crippen LogP contribution is 2.44. The first kappa shape index (κ1) is 55.9. The number of anilines is 3. The SMILES string of the molecule is Cc1ncsc1-c1ccc([C@H](C)NC(=O)[C@@H]2C[C@@H](O)CN2C(=O)C(c2cc(N3CCC(CN4CCC(OC5CC(Oc6cnc(N7C8CCC7CC(n7nc(N)c9nnc(-c%10ccccc%10O)cc97)C8)nc6)C5)CC4)CC3)no2)C(C)C)cc1. The first-order chi connectivity index (χ1) is 40.8. The molecule has 5 N–H and O–H groups in total. The number of hydrogen-bond acceptors (Lipinski definition) is 19. The number of aliphatic hydroxyl groups is 1. The quantitative estimate of drug-likeness (QED) is 0.0669. The number of aliphatic hydroxyl groups excluding tert-OH is 1. The van der Waals surface area contributed by atoms with Crippen LogP contribution >= 0.6 is 11.3 Å². The number of phenols is 1. The highest BCUT2D eigenvalue weighted by molar-refractivity contribution is 7.13. The lowest BCUT2D eigenvalue weighted by molar-refractivity contribution is -0.141. The zero-order valence-corrected chi connectivity index (χ0v) is 49.1. The Bertz CT molecular complexity index is 3430. The summed E-state index contributed by atoms with van der Waals surface area (Å²) < 4.78 is 20.9. The molecule has 5 saturated heterocycles. The monoisotopic (exact) mass is 1160 g/mol. The number of likely N-dealkylation sites (tertiary alicyclic amines) is 2. The molecule has 2 aromatic carbocycles. The third-order valence-corrected chi connectivity index (χ3v) is 19.7. The highest BCUT2D eigenvalue weighted by atomic mass is 32.1. The van der Waals surface area contributed by atoms with E-state index in [4.69, 9.17) is 34.8 Å². The fourth-order valence-electron chi connectivity index (χ4n) is 14.1. The zero-order chi connectivity index (χ0) is 57.8. The second-order valence-electron chi connectivity index (χ2n) is 24.7. The van der Waals surface area contributed by atoms with Crippen molar-refractivity contribution in [2.24, 2.45) is 11.8 Å². The number of para-hydroxylation sites is 1. The van der Waals surface area contributed by atoms with E-state index in [0.29, 0.717) is 40.0 Å². The van der Waals surface area contributed by atoms with Crippen molar-refractivity contribution in [1.29, 1.82) is 0 Å². The maximum absolute atomic E-state index is 14.4. The van der Waals surface area contributed by atoms with Crippen molar-refractivity contribution in [3.63, 3.8) is 0 Å². The number of benzene rings is 2. The lowest BCUT2D eigenvalue weighted by Crippen LogP contribution is -2.48. The Labute approximate surface area is 492 Å². The van der Waals surface area contributed by atoms with Gasteiger partial charge in [-0.05, 0) is 106 Å². The average molecular weight is 1160 g/mol. The van der Waals surface area contributed by atoms with Gasteiger partial charge in [0.25, 0.3) is 0 Å². The first-order valence-electron chi connectivity index (χ1n) is 30.2. The van der Waals surface area contributed by atoms with Crippen LogP contribution in [-0.4, -0.2) is 154 Å². The van der Waals surface area contributed by atoms with Gasteiger partial charge in [-0.2, -0.15) is 5.10 Å². The Balaban J connectivity index is 0.529. The summed E-state index contributed by atoms with van der Waals surface area (Å²) in [4.78, 5) is 52.2. The maximum Gasteiger partial charge on any atom is 0.243 e. The molecular formula is C62H76N14O7S. The van der Waals surface area contributed by atoms with Gasteiger partial charge < -0.3 is 54.9 Å². The molecule has 13 rings (SSSR count). The van der Waals surface area contributed by atoms with E-state index in [9.17, 15) is 19.8 Å². The Morgan fingerprint density at radius 3 is 2.29 bits per heavy atom. The van der Waals surface area contributed by atoms with E-state index in [0.717, 1.165) is 136 Å². The standard InChI is InChI=1S/C62H76N14O7S/c1-35(2)56(61(80)74-33-44(77)25-52(74)60(79)67-36(3)39-9-11-40(12-10-39)58-37(4)66-34-84-58)54-29-55(71-83-54)73-21-15-38(16-22-73)32-72-19-17-45(18-20-72)81-46-26-47(27-46)82-48-30-64-62(65-31-48)75-41-13-14-42(75)24-43(23-41)76-51-28-50(49-7-5-6-8-53(49)78)68-69-57(51)59(63)70-76/h5-12,28-31,34-36,38,41-47,52,56,77-78H,13-27,32-33H2,1-4H3,(H2,63,70)(H,67,79)/t36-,41?,42?,43?,44+,46?,47?,52-,56?/m0/s1. The number of aryl methyl sites for hydroxylation is 1. The molecule has 6 aliphatic rings. The molecule has 7 aromatic rings. The summed E-state index contributed by atoms with van der Waals surface area (Å²) in [6.45, 7) is 12.8. The predicted molar refractivity (Wildman–Crippen MR) is 318 cm³/mol. The van der Waals surface area contributed by atoms with Crippen LogP contribution in [0.2, 0.25) is 0 Å². The Kier molecular flexibility index (Phi) is 15.7. The number of nitrogens with two attached hydrogens (primary N) is 1. The van der Waals surface area contributed by atoms with Crippen LogP contribution in [0.5, 0.6) is 11.5 Å². The Morgan fingerprint density at radius 1 is 0.845 bits per heavy atom. The number of aromatic nitrogens is 8. The fraction of sp³-hybridized carbons (Fsp3) is 0.532. The molecule has 21 nitrogen and oxygen atoms in total. The zero-order valence-electron chi connectivity index (χ0n) is 48.2. The lowest BCUT2D eigenvalue weighted by atomic mass is 9.91. The topological polar surface area (TPSA) is 252 Å². The van der Waals surface area contributed by atoms with Crippen LogP contribution in [0.15, 0.2) is 83.1 Å². The van der Waals surface area contributed by atoms with Crippen molar-refractivity contribution in [1.82, 2.24) is 55.2 Å². The molecule has 0 radical (unpaired) electrons. The summed E-state index contributed by atoms with van der Waals surface area (Å²) in [6, 6.07) is 18.6. The van der Waals surface area contributed by atoms with E-state index >= 15 is 0 Å². The number of ether oxygens (including phenoxy) is 2. The van der Waals surface area contributed by atoms with Gasteiger partial charge in [0.15, 0.2) is 28.7 Å². The van der Waals surface area contributed by atoms with Crippen LogP contribution in [0, 0.1) is 18.8 Å². The van der Waals surface area contributed by atoms with Crippen LogP contribution in [0.25, 0.3) is 32.7 Å². The fourth-order valence-corrected chi connectivity index (χ4v) is 14.9. The van der Waals surface area contributed by atoms with Crippen LogP contribution in [0.4, 0.5) is 17.6 Å². The van der Waals surface area contributed by atoms with Gasteiger partial charge in [-0.3, -0.25) is 14.3 Å². The van der Waals surface area contributed by atoms with Gasteiger partial charge >= 0.3 is 0 Å². The molecule has 442 valence electrons. The molecule has 1 aliphatic carbocycles. The van der Waals surface area contributed by atoms with E-state index in [1.165, 1.54) is 4.90 Å². The normalized spacial score (nSPS) is 24.9. The average Bonchev–Trinajstić information content (AvgIpc) is 2.77. The minimum Gasteiger partial charge on any atom is -0.507 e. The summed E-state index contributed by atoms with van der Waals surface area (Å²) in [5.41, 5.74) is 13.8. The number of phenolic OH excluding ortho intramolecular Hbond substituents is 1. The summed E-state index contributed by atoms with van der Waals surface area (Å²) in [5, 5.41) is 42.4. The number of piperidine rings is 3. The van der Waals surface area contributed by atoms with Gasteiger partial charge in [-0.1, -0.05) is 55.4 Å². The lowest BCUT2D eigenvalue weighted by Gasteiger charge is -2.41. The number of nitrogen functional groups attached to an aromatic ring is 1. The van der Waals surface area contributed by atoms with E-state index in [2.05, 4.69) is 40.4 Å². The number of aromatic hydroxyl groups is 1. The number of nitrogens with zero attached hydrogens (tertiary/aromatic N) is 12.